The number of nitrogens with one attached hydrogen (secondary N) is 1. The normalized spacial score (nSPS) is 12.2. The molecular weight excluding hydrogens is 390 g/mol. The summed E-state index contributed by atoms with van der Waals surface area (Å²) in [4.78, 5) is 48.8. The van der Waals surface area contributed by atoms with Gasteiger partial charge < -0.3 is 19.5 Å². The Labute approximate surface area is 174 Å². The first-order chi connectivity index (χ1) is 14.4. The summed E-state index contributed by atoms with van der Waals surface area (Å²) in [6.45, 7) is 0. The minimum Gasteiger partial charge on any atom is -0.469 e. The van der Waals surface area contributed by atoms with Gasteiger partial charge in [-0.3, -0.25) is 14.4 Å². The van der Waals surface area contributed by atoms with Gasteiger partial charge in [-0.15, -0.1) is 0 Å². The van der Waals surface area contributed by atoms with Crippen molar-refractivity contribution < 1.29 is 33.4 Å². The maximum Gasteiger partial charge on any atom is 0.329 e. The predicted molar refractivity (Wildman–Crippen MR) is 107 cm³/mol. The van der Waals surface area contributed by atoms with Gasteiger partial charge in [-0.2, -0.15) is 0 Å². The summed E-state index contributed by atoms with van der Waals surface area (Å²) < 4.78 is 14.0. The molecule has 0 fully saturated rings. The van der Waals surface area contributed by atoms with Gasteiger partial charge in [0.1, 0.15) is 6.04 Å². The van der Waals surface area contributed by atoms with Crippen molar-refractivity contribution in [1.29, 1.82) is 0 Å². The minimum absolute atomic E-state index is 0.269. The van der Waals surface area contributed by atoms with Gasteiger partial charge in [-0.25, -0.2) is 4.79 Å². The largest absolute Gasteiger partial charge is 0.469 e. The van der Waals surface area contributed by atoms with E-state index in [-0.39, 0.29) is 5.56 Å². The van der Waals surface area contributed by atoms with Crippen molar-refractivity contribution in [3.63, 3.8) is 0 Å². The molecule has 8 heteroatoms. The van der Waals surface area contributed by atoms with Crippen molar-refractivity contribution in [2.75, 3.05) is 21.3 Å². The average molecular weight is 413 g/mol. The maximum absolute atomic E-state index is 12.7. The molecule has 0 radical (unpaired) electrons. The molecule has 0 aromatic heterocycles. The van der Waals surface area contributed by atoms with E-state index < -0.39 is 42.2 Å². The van der Waals surface area contributed by atoms with E-state index in [0.717, 1.165) is 32.5 Å². The Kier molecular flexibility index (Phi) is 8.10. The zero-order valence-corrected chi connectivity index (χ0v) is 16.9. The van der Waals surface area contributed by atoms with Crippen LogP contribution in [0, 0.1) is 5.92 Å². The number of hydrogen-bond acceptors (Lipinski definition) is 7. The number of methoxy groups -OCH3 is 3. The Morgan fingerprint density at radius 1 is 0.767 bits per heavy atom. The van der Waals surface area contributed by atoms with Crippen LogP contribution in [0.5, 0.6) is 0 Å². The fourth-order valence-corrected chi connectivity index (χ4v) is 2.87. The number of ether oxygens (including phenoxy) is 3. The first kappa shape index (κ1) is 22.6. The van der Waals surface area contributed by atoms with Crippen LogP contribution in [0.15, 0.2) is 54.6 Å². The van der Waals surface area contributed by atoms with E-state index in [9.17, 15) is 19.2 Å². The molecule has 0 saturated heterocycles. The Morgan fingerprint density at radius 3 is 1.87 bits per heavy atom. The molecule has 0 saturated carbocycles. The minimum atomic E-state index is -1.43. The Bertz CT molecular complexity index is 893. The van der Waals surface area contributed by atoms with Crippen molar-refractivity contribution in [2.45, 2.75) is 12.5 Å². The van der Waals surface area contributed by atoms with Crippen molar-refractivity contribution in [2.24, 2.45) is 5.92 Å². The lowest BCUT2D eigenvalue weighted by molar-refractivity contribution is -0.158. The lowest BCUT2D eigenvalue weighted by Gasteiger charge is -2.23. The predicted octanol–water partition coefficient (Wildman–Crippen LogP) is 1.98. The molecule has 2 aromatic rings. The molecule has 2 atom stereocenters. The van der Waals surface area contributed by atoms with E-state index in [0.29, 0.717) is 0 Å². The fraction of sp³-hybridized carbons (Fsp3) is 0.273. The molecular formula is C22H23NO7. The van der Waals surface area contributed by atoms with Gasteiger partial charge in [0, 0.05) is 5.56 Å². The van der Waals surface area contributed by atoms with Crippen molar-refractivity contribution in [3.8, 4) is 11.1 Å². The maximum atomic E-state index is 12.7. The van der Waals surface area contributed by atoms with Gasteiger partial charge >= 0.3 is 17.9 Å². The summed E-state index contributed by atoms with van der Waals surface area (Å²) in [5.74, 6) is -4.38. The van der Waals surface area contributed by atoms with Crippen LogP contribution >= 0.6 is 0 Å². The lowest BCUT2D eigenvalue weighted by atomic mass is 9.95. The molecule has 0 heterocycles. The molecule has 0 unspecified atom stereocenters. The summed E-state index contributed by atoms with van der Waals surface area (Å²) in [5, 5.41) is 2.47. The summed E-state index contributed by atoms with van der Waals surface area (Å²) in [6, 6.07) is 14.9. The van der Waals surface area contributed by atoms with Crippen LogP contribution in [0.2, 0.25) is 0 Å². The fourth-order valence-electron chi connectivity index (χ4n) is 2.87. The van der Waals surface area contributed by atoms with Crippen molar-refractivity contribution in [3.05, 3.63) is 60.2 Å². The SMILES string of the molecule is COC(=O)C[C@H](C(=O)OC)[C@H](NC(=O)c1ccc(-c2ccccc2)cc1)C(=O)OC. The van der Waals surface area contributed by atoms with Gasteiger partial charge in [0.15, 0.2) is 0 Å². The first-order valence-electron chi connectivity index (χ1n) is 9.10. The molecule has 8 nitrogen and oxygen atoms in total. The van der Waals surface area contributed by atoms with Crippen LogP contribution in [0.1, 0.15) is 16.8 Å². The van der Waals surface area contributed by atoms with Crippen LogP contribution < -0.4 is 5.32 Å². The zero-order valence-electron chi connectivity index (χ0n) is 16.9. The molecule has 0 aliphatic rings. The number of rotatable bonds is 8. The van der Waals surface area contributed by atoms with E-state index in [1.807, 2.05) is 30.3 Å². The van der Waals surface area contributed by atoms with Gasteiger partial charge in [0.05, 0.1) is 33.7 Å². The molecule has 1 amide bonds. The van der Waals surface area contributed by atoms with Crippen LogP contribution in [0.3, 0.4) is 0 Å². The van der Waals surface area contributed by atoms with E-state index in [1.165, 1.54) is 0 Å². The average Bonchev–Trinajstić information content (AvgIpc) is 2.80. The molecule has 0 spiro atoms. The molecule has 1 N–H and O–H groups in total. The van der Waals surface area contributed by atoms with Gasteiger partial charge in [0.2, 0.25) is 0 Å². The lowest BCUT2D eigenvalue weighted by Crippen LogP contribution is -2.50. The highest BCUT2D eigenvalue weighted by Crippen LogP contribution is 2.20. The molecule has 2 rings (SSSR count). The number of carbonyl (C=O) groups is 4. The van der Waals surface area contributed by atoms with Gasteiger partial charge in [0.25, 0.3) is 5.91 Å². The number of amides is 1. The Hall–Kier alpha value is -3.68. The van der Waals surface area contributed by atoms with Crippen LogP contribution in [0.25, 0.3) is 11.1 Å². The smallest absolute Gasteiger partial charge is 0.329 e. The third kappa shape index (κ3) is 5.66. The quantitative estimate of drug-likeness (QED) is 0.521. The number of carbonyl (C=O) groups excluding carboxylic acids is 4. The molecule has 0 aliphatic heterocycles. The second-order valence-corrected chi connectivity index (χ2v) is 6.33. The Morgan fingerprint density at radius 2 is 1.33 bits per heavy atom. The van der Waals surface area contributed by atoms with E-state index >= 15 is 0 Å². The summed E-state index contributed by atoms with van der Waals surface area (Å²) in [6.07, 6.45) is -0.462. The topological polar surface area (TPSA) is 108 Å². The summed E-state index contributed by atoms with van der Waals surface area (Å²) >= 11 is 0. The van der Waals surface area contributed by atoms with Crippen LogP contribution in [-0.2, 0) is 28.6 Å². The summed E-state index contributed by atoms with van der Waals surface area (Å²) in [5.41, 5.74) is 2.17. The number of esters is 3. The van der Waals surface area contributed by atoms with Crippen LogP contribution in [0.4, 0.5) is 0 Å². The van der Waals surface area contributed by atoms with E-state index in [2.05, 4.69) is 14.8 Å². The monoisotopic (exact) mass is 413 g/mol. The molecule has 0 bridgehead atoms. The molecule has 30 heavy (non-hydrogen) atoms. The zero-order chi connectivity index (χ0) is 22.1. The van der Waals surface area contributed by atoms with Gasteiger partial charge in [-0.1, -0.05) is 42.5 Å². The van der Waals surface area contributed by atoms with E-state index in [1.54, 1.807) is 24.3 Å². The highest BCUT2D eigenvalue weighted by atomic mass is 16.5. The third-order valence-corrected chi connectivity index (χ3v) is 4.52. The second-order valence-electron chi connectivity index (χ2n) is 6.33. The molecule has 2 aromatic carbocycles. The standard InChI is InChI=1S/C22H23NO7/c1-28-18(24)13-17(21(26)29-2)19(22(27)30-3)23-20(25)16-11-9-15(10-12-16)14-7-5-4-6-8-14/h4-12,17,19H,13H2,1-3H3,(H,23,25)/t17-,19-/m0/s1. The van der Waals surface area contributed by atoms with Gasteiger partial charge in [-0.05, 0) is 23.3 Å². The van der Waals surface area contributed by atoms with Crippen molar-refractivity contribution >= 4 is 23.8 Å². The highest BCUT2D eigenvalue weighted by molar-refractivity contribution is 5.98. The summed E-state index contributed by atoms with van der Waals surface area (Å²) in [7, 11) is 3.38. The second kappa shape index (κ2) is 10.8. The molecule has 158 valence electrons. The highest BCUT2D eigenvalue weighted by Gasteiger charge is 2.38. The molecule has 0 aliphatic carbocycles. The van der Waals surface area contributed by atoms with E-state index in [4.69, 9.17) is 4.74 Å². The van der Waals surface area contributed by atoms with Crippen LogP contribution in [-0.4, -0.2) is 51.2 Å². The Balaban J connectivity index is 2.24. The first-order valence-corrected chi connectivity index (χ1v) is 9.10. The number of benzene rings is 2. The number of hydrogen-bond donors (Lipinski definition) is 1. The van der Waals surface area contributed by atoms with Crippen molar-refractivity contribution in [1.82, 2.24) is 5.32 Å². The third-order valence-electron chi connectivity index (χ3n) is 4.52.